The van der Waals surface area contributed by atoms with Crippen LogP contribution in [0.4, 0.5) is 26.3 Å². The molecule has 0 aromatic heterocycles. The van der Waals surface area contributed by atoms with E-state index in [-0.39, 0.29) is 18.2 Å². The summed E-state index contributed by atoms with van der Waals surface area (Å²) < 4.78 is 80.7. The van der Waals surface area contributed by atoms with E-state index in [1.807, 2.05) is 12.1 Å². The predicted octanol–water partition coefficient (Wildman–Crippen LogP) is 8.47. The number of nitrogens with zero attached hydrogens (tertiary/aromatic N) is 3. The van der Waals surface area contributed by atoms with Crippen LogP contribution in [0, 0.1) is 0 Å². The first kappa shape index (κ1) is 34.3. The first-order valence-corrected chi connectivity index (χ1v) is 16.5. The van der Waals surface area contributed by atoms with Gasteiger partial charge in [0.15, 0.2) is 0 Å². The maximum atomic E-state index is 13.5. The Bertz CT molecular complexity index is 1310. The van der Waals surface area contributed by atoms with Crippen LogP contribution in [-0.4, -0.2) is 72.5 Å². The maximum Gasteiger partial charge on any atom is 0.416 e. The van der Waals surface area contributed by atoms with Gasteiger partial charge in [-0.2, -0.15) is 26.3 Å². The molecule has 3 aliphatic rings. The van der Waals surface area contributed by atoms with Gasteiger partial charge in [0.25, 0.3) is 0 Å². The summed E-state index contributed by atoms with van der Waals surface area (Å²) in [5.41, 5.74) is -2.73. The number of hydrogen-bond donors (Lipinski definition) is 0. The van der Waals surface area contributed by atoms with E-state index in [1.165, 1.54) is 32.1 Å². The number of halogens is 8. The van der Waals surface area contributed by atoms with Crippen LogP contribution in [-0.2, 0) is 29.0 Å². The number of piperidine rings is 1. The first-order valence-electron chi connectivity index (χ1n) is 15.7. The third-order valence-corrected chi connectivity index (χ3v) is 10.6. The molecule has 2 saturated heterocycles. The Balaban J connectivity index is 1.32. The number of carbonyl (C=O) groups is 1. The van der Waals surface area contributed by atoms with Gasteiger partial charge in [-0.05, 0) is 80.1 Å². The van der Waals surface area contributed by atoms with Crippen molar-refractivity contribution >= 4 is 29.1 Å². The van der Waals surface area contributed by atoms with Gasteiger partial charge >= 0.3 is 12.4 Å². The van der Waals surface area contributed by atoms with Gasteiger partial charge in [-0.3, -0.25) is 9.69 Å². The predicted molar refractivity (Wildman–Crippen MR) is 164 cm³/mol. The van der Waals surface area contributed by atoms with Gasteiger partial charge in [0, 0.05) is 50.7 Å². The number of likely N-dealkylation sites (tertiary alicyclic amines) is 1. The summed E-state index contributed by atoms with van der Waals surface area (Å²) in [4.78, 5) is 20.2. The van der Waals surface area contributed by atoms with Crippen LogP contribution in [0.15, 0.2) is 36.4 Å². The summed E-state index contributed by atoms with van der Waals surface area (Å²) in [5, 5.41) is 0.796. The molecule has 248 valence electrons. The quantitative estimate of drug-likeness (QED) is 0.275. The van der Waals surface area contributed by atoms with E-state index in [4.69, 9.17) is 23.2 Å². The summed E-state index contributed by atoms with van der Waals surface area (Å²) in [6, 6.07) is 7.48. The number of hydrogen-bond acceptors (Lipinski definition) is 3. The fourth-order valence-corrected chi connectivity index (χ4v) is 7.63. The molecule has 0 spiro atoms. The van der Waals surface area contributed by atoms with Crippen molar-refractivity contribution in [1.29, 1.82) is 0 Å². The van der Waals surface area contributed by atoms with Gasteiger partial charge in [0.2, 0.25) is 5.91 Å². The van der Waals surface area contributed by atoms with Crippen molar-refractivity contribution in [2.24, 2.45) is 0 Å². The topological polar surface area (TPSA) is 26.8 Å². The van der Waals surface area contributed by atoms with E-state index in [2.05, 4.69) is 9.80 Å². The highest BCUT2D eigenvalue weighted by atomic mass is 35.5. The lowest BCUT2D eigenvalue weighted by Gasteiger charge is -2.46. The van der Waals surface area contributed by atoms with E-state index < -0.39 is 41.2 Å². The van der Waals surface area contributed by atoms with E-state index >= 15 is 0 Å². The van der Waals surface area contributed by atoms with Crippen molar-refractivity contribution in [3.05, 3.63) is 68.7 Å². The second-order valence-corrected chi connectivity index (χ2v) is 13.7. The first-order chi connectivity index (χ1) is 21.2. The highest BCUT2D eigenvalue weighted by molar-refractivity contribution is 6.42. The molecule has 0 N–H and O–H groups in total. The molecule has 2 aromatic rings. The molecule has 0 unspecified atom stereocenters. The van der Waals surface area contributed by atoms with Crippen molar-refractivity contribution in [1.82, 2.24) is 14.7 Å². The average molecular weight is 679 g/mol. The molecule has 4 nitrogen and oxygen atoms in total. The molecular formula is C33H39Cl2F6N3O. The number of benzene rings is 2. The molecule has 5 rings (SSSR count). The smallest absolute Gasteiger partial charge is 0.342 e. The van der Waals surface area contributed by atoms with Crippen LogP contribution in [0.1, 0.15) is 73.6 Å². The largest absolute Gasteiger partial charge is 0.416 e. The summed E-state index contributed by atoms with van der Waals surface area (Å²) in [5.74, 6) is -0.507. The van der Waals surface area contributed by atoms with Gasteiger partial charge in [-0.15, -0.1) is 0 Å². The molecule has 1 aliphatic carbocycles. The van der Waals surface area contributed by atoms with Crippen molar-refractivity contribution in [3.63, 3.8) is 0 Å². The van der Waals surface area contributed by atoms with Crippen LogP contribution < -0.4 is 0 Å². The second kappa shape index (κ2) is 14.0. The third kappa shape index (κ3) is 8.48. The molecule has 2 aliphatic heterocycles. The van der Waals surface area contributed by atoms with Crippen LogP contribution in [0.3, 0.4) is 0 Å². The highest BCUT2D eigenvalue weighted by Crippen LogP contribution is 2.41. The Morgan fingerprint density at radius 1 is 0.800 bits per heavy atom. The average Bonchev–Trinajstić information content (AvgIpc) is 3.01. The minimum atomic E-state index is -4.98. The Hall–Kier alpha value is -2.01. The lowest BCUT2D eigenvalue weighted by atomic mass is 9.71. The number of carbonyl (C=O) groups excluding carboxylic acids is 1. The Labute approximate surface area is 270 Å². The van der Waals surface area contributed by atoms with E-state index in [1.54, 1.807) is 11.0 Å². The Kier molecular flexibility index (Phi) is 10.7. The summed E-state index contributed by atoms with van der Waals surface area (Å²) in [6.45, 7) is 5.40. The molecule has 3 fully saturated rings. The van der Waals surface area contributed by atoms with Crippen molar-refractivity contribution in [2.75, 3.05) is 45.8 Å². The molecule has 1 saturated carbocycles. The van der Waals surface area contributed by atoms with Crippen LogP contribution in [0.2, 0.25) is 10.0 Å². The minimum Gasteiger partial charge on any atom is -0.342 e. The fourth-order valence-electron chi connectivity index (χ4n) is 7.33. The molecule has 1 atom stereocenters. The van der Waals surface area contributed by atoms with E-state index in [0.717, 1.165) is 51.1 Å². The molecule has 0 radical (unpaired) electrons. The van der Waals surface area contributed by atoms with Gasteiger partial charge in [-0.1, -0.05) is 48.5 Å². The monoisotopic (exact) mass is 677 g/mol. The SMILES string of the molecule is O=C(Cc1cc(C(F)(F)F)cc(C(F)(F)F)c1)N1CCC[C@@](CCN2CCN(C3CCCCC3)CC2)(c2ccc(Cl)c(Cl)c2)C1. The molecular weight excluding hydrogens is 639 g/mol. The summed E-state index contributed by atoms with van der Waals surface area (Å²) in [7, 11) is 0. The fraction of sp³-hybridized carbons (Fsp3) is 0.606. The van der Waals surface area contributed by atoms with E-state index in [9.17, 15) is 31.1 Å². The van der Waals surface area contributed by atoms with E-state index in [0.29, 0.717) is 41.2 Å². The van der Waals surface area contributed by atoms with Crippen molar-refractivity contribution in [3.8, 4) is 0 Å². The molecule has 12 heteroatoms. The zero-order valence-corrected chi connectivity index (χ0v) is 26.6. The molecule has 2 aromatic carbocycles. The van der Waals surface area contributed by atoms with Gasteiger partial charge in [0.05, 0.1) is 27.6 Å². The van der Waals surface area contributed by atoms with Crippen molar-refractivity contribution < 1.29 is 31.1 Å². The maximum absolute atomic E-state index is 13.5. The second-order valence-electron chi connectivity index (χ2n) is 12.8. The number of amides is 1. The molecule has 0 bridgehead atoms. The van der Waals surface area contributed by atoms with Crippen LogP contribution in [0.25, 0.3) is 0 Å². The zero-order valence-electron chi connectivity index (χ0n) is 25.1. The molecule has 45 heavy (non-hydrogen) atoms. The lowest BCUT2D eigenvalue weighted by molar-refractivity contribution is -0.143. The third-order valence-electron chi connectivity index (χ3n) is 9.87. The van der Waals surface area contributed by atoms with Crippen molar-refractivity contribution in [2.45, 2.75) is 81.6 Å². The number of piperazine rings is 1. The van der Waals surface area contributed by atoms with Crippen LogP contribution in [0.5, 0.6) is 0 Å². The molecule has 2 heterocycles. The van der Waals surface area contributed by atoms with Gasteiger partial charge in [-0.25, -0.2) is 0 Å². The van der Waals surface area contributed by atoms with Gasteiger partial charge < -0.3 is 9.80 Å². The van der Waals surface area contributed by atoms with Crippen LogP contribution >= 0.6 is 23.2 Å². The number of rotatable bonds is 7. The zero-order chi connectivity index (χ0) is 32.4. The highest BCUT2D eigenvalue weighted by Gasteiger charge is 2.41. The minimum absolute atomic E-state index is 0.0825. The Morgan fingerprint density at radius 2 is 1.44 bits per heavy atom. The van der Waals surface area contributed by atoms with Gasteiger partial charge in [0.1, 0.15) is 0 Å². The standard InChI is InChI=1S/C33H39Cl2F6N3O/c34-28-8-7-24(21-29(28)35)31(10-12-42-13-15-43(16-14-42)27-5-2-1-3-6-27)9-4-11-44(22-31)30(45)19-23-17-25(32(36,37)38)20-26(18-23)33(39,40)41/h7-8,17-18,20-21,27H,1-6,9-16,19,22H2/t31-/m0/s1. The number of alkyl halides is 6. The summed E-state index contributed by atoms with van der Waals surface area (Å²) in [6.07, 6.45) is -1.95. The normalized spacial score (nSPS) is 23.0. The lowest BCUT2D eigenvalue weighted by Crippen LogP contribution is -2.53. The summed E-state index contributed by atoms with van der Waals surface area (Å²) >= 11 is 12.7. The molecule has 1 amide bonds. The Morgan fingerprint density at radius 3 is 2.04 bits per heavy atom.